The average molecular weight is 363 g/mol. The lowest BCUT2D eigenvalue weighted by molar-refractivity contribution is -0.107. The van der Waals surface area contributed by atoms with Gasteiger partial charge in [-0.05, 0) is 43.7 Å². The van der Waals surface area contributed by atoms with Crippen molar-refractivity contribution >= 4 is 6.29 Å². The van der Waals surface area contributed by atoms with E-state index in [1.807, 2.05) is 0 Å². The Kier molecular flexibility index (Phi) is 14.3. The first kappa shape index (κ1) is 23.0. The third-order valence-electron chi connectivity index (χ3n) is 5.22. The lowest BCUT2D eigenvalue weighted by Gasteiger charge is -2.04. The Hall–Kier alpha value is -1.05. The van der Waals surface area contributed by atoms with Gasteiger partial charge in [0, 0.05) is 19.3 Å². The third kappa shape index (κ3) is 10.8. The molecule has 1 rings (SSSR count). The van der Waals surface area contributed by atoms with Crippen LogP contribution in [-0.4, -0.2) is 6.29 Å². The van der Waals surface area contributed by atoms with Crippen molar-refractivity contribution in [2.24, 2.45) is 0 Å². The van der Waals surface area contributed by atoms with Crippen LogP contribution in [0.3, 0.4) is 0 Å². The normalized spacial score (nSPS) is 11.2. The zero-order chi connectivity index (χ0) is 18.9. The van der Waals surface area contributed by atoms with E-state index in [0.29, 0.717) is 0 Å². The van der Waals surface area contributed by atoms with Crippen LogP contribution >= 0.6 is 0 Å². The smallest absolute Gasteiger partial charge is 0.119 e. The molecule has 0 aliphatic carbocycles. The first-order valence-corrected chi connectivity index (χ1v) is 11.4. The molecule has 0 spiro atoms. The molecule has 0 N–H and O–H groups in total. The molecule has 0 unspecified atom stereocenters. The third-order valence-corrected chi connectivity index (χ3v) is 5.22. The highest BCUT2D eigenvalue weighted by atomic mass is 16.3. The Balaban J connectivity index is 2.21. The monoisotopic (exact) mass is 362 g/mol. The topological polar surface area (TPSA) is 30.2 Å². The molecular weight excluding hydrogens is 320 g/mol. The molecule has 150 valence electrons. The van der Waals surface area contributed by atoms with E-state index in [1.54, 1.807) is 0 Å². The molecule has 0 atom stereocenters. The maximum absolute atomic E-state index is 10.3. The van der Waals surface area contributed by atoms with E-state index in [9.17, 15) is 4.79 Å². The van der Waals surface area contributed by atoms with E-state index in [-0.39, 0.29) is 0 Å². The van der Waals surface area contributed by atoms with Crippen LogP contribution < -0.4 is 0 Å². The molecule has 26 heavy (non-hydrogen) atoms. The molecule has 0 fully saturated rings. The van der Waals surface area contributed by atoms with Crippen molar-refractivity contribution in [1.29, 1.82) is 0 Å². The molecule has 1 aromatic rings. The predicted molar refractivity (Wildman–Crippen MR) is 112 cm³/mol. The van der Waals surface area contributed by atoms with Crippen LogP contribution in [0.4, 0.5) is 0 Å². The fourth-order valence-corrected chi connectivity index (χ4v) is 3.64. The standard InChI is InChI=1S/C24H42O2/c1-3-5-6-14-18-22-21-23(17-4-2)26-24(22)19-15-12-10-8-7-9-11-13-16-20-25/h20-21H,3-19H2,1-2H3. The minimum Gasteiger partial charge on any atom is -0.466 e. The quantitative estimate of drug-likeness (QED) is 0.199. The average Bonchev–Trinajstić information content (AvgIpc) is 3.02. The van der Waals surface area contributed by atoms with Crippen molar-refractivity contribution in [2.75, 3.05) is 0 Å². The molecule has 0 bridgehead atoms. The van der Waals surface area contributed by atoms with Crippen molar-refractivity contribution in [3.63, 3.8) is 0 Å². The number of unbranched alkanes of at least 4 members (excludes halogenated alkanes) is 11. The zero-order valence-electron chi connectivity index (χ0n) is 17.5. The second kappa shape index (κ2) is 16.1. The highest BCUT2D eigenvalue weighted by Crippen LogP contribution is 2.22. The first-order valence-electron chi connectivity index (χ1n) is 11.4. The first-order chi connectivity index (χ1) is 12.8. The molecule has 0 aliphatic rings. The van der Waals surface area contributed by atoms with Crippen LogP contribution in [0, 0.1) is 0 Å². The zero-order valence-corrected chi connectivity index (χ0v) is 17.5. The summed E-state index contributed by atoms with van der Waals surface area (Å²) >= 11 is 0. The van der Waals surface area contributed by atoms with E-state index < -0.39 is 0 Å². The summed E-state index contributed by atoms with van der Waals surface area (Å²) in [7, 11) is 0. The number of carbonyl (C=O) groups is 1. The number of aryl methyl sites for hydroxylation is 3. The largest absolute Gasteiger partial charge is 0.466 e. The van der Waals surface area contributed by atoms with Gasteiger partial charge in [-0.1, -0.05) is 71.6 Å². The second-order valence-corrected chi connectivity index (χ2v) is 7.76. The Morgan fingerprint density at radius 2 is 1.35 bits per heavy atom. The Bertz CT molecular complexity index is 447. The number of rotatable bonds is 18. The molecule has 0 saturated carbocycles. The molecule has 1 aromatic heterocycles. The fourth-order valence-electron chi connectivity index (χ4n) is 3.64. The van der Waals surface area contributed by atoms with Crippen molar-refractivity contribution in [3.8, 4) is 0 Å². The minimum atomic E-state index is 0.740. The maximum Gasteiger partial charge on any atom is 0.119 e. The summed E-state index contributed by atoms with van der Waals surface area (Å²) in [5, 5.41) is 0. The summed E-state index contributed by atoms with van der Waals surface area (Å²) in [4.78, 5) is 10.3. The highest BCUT2D eigenvalue weighted by molar-refractivity contribution is 5.48. The van der Waals surface area contributed by atoms with Gasteiger partial charge in [0.1, 0.15) is 17.8 Å². The summed E-state index contributed by atoms with van der Waals surface area (Å²) in [5.41, 5.74) is 1.49. The molecule has 2 heteroatoms. The van der Waals surface area contributed by atoms with E-state index in [1.165, 1.54) is 94.1 Å². The minimum absolute atomic E-state index is 0.740. The van der Waals surface area contributed by atoms with Gasteiger partial charge in [-0.3, -0.25) is 0 Å². The molecular formula is C24H42O2. The van der Waals surface area contributed by atoms with E-state index in [0.717, 1.165) is 38.4 Å². The number of aldehydes is 1. The number of hydrogen-bond acceptors (Lipinski definition) is 2. The van der Waals surface area contributed by atoms with Crippen molar-refractivity contribution in [2.45, 2.75) is 123 Å². The molecule has 0 aliphatic heterocycles. The number of furan rings is 1. The SMILES string of the molecule is CCCCCCc1cc(CCC)oc1CCCCCCCCCCC=O. The molecule has 2 nitrogen and oxygen atoms in total. The van der Waals surface area contributed by atoms with Gasteiger partial charge in [0.05, 0.1) is 0 Å². The molecule has 0 radical (unpaired) electrons. The van der Waals surface area contributed by atoms with Gasteiger partial charge in [-0.2, -0.15) is 0 Å². The Labute approximate surface area is 162 Å². The molecule has 1 heterocycles. The summed E-state index contributed by atoms with van der Waals surface area (Å²) < 4.78 is 6.17. The Morgan fingerprint density at radius 3 is 2.00 bits per heavy atom. The van der Waals surface area contributed by atoms with Crippen molar-refractivity contribution in [3.05, 3.63) is 23.2 Å². The highest BCUT2D eigenvalue weighted by Gasteiger charge is 2.10. The summed E-state index contributed by atoms with van der Waals surface area (Å²) in [6.07, 6.45) is 21.8. The van der Waals surface area contributed by atoms with Gasteiger partial charge >= 0.3 is 0 Å². The van der Waals surface area contributed by atoms with E-state index >= 15 is 0 Å². The summed E-state index contributed by atoms with van der Waals surface area (Å²) in [6.45, 7) is 4.50. The van der Waals surface area contributed by atoms with E-state index in [2.05, 4.69) is 19.9 Å². The van der Waals surface area contributed by atoms with Crippen LogP contribution in [0.5, 0.6) is 0 Å². The lowest BCUT2D eigenvalue weighted by Crippen LogP contribution is -1.91. The van der Waals surface area contributed by atoms with Crippen LogP contribution in [0.2, 0.25) is 0 Å². The van der Waals surface area contributed by atoms with Gasteiger partial charge in [0.15, 0.2) is 0 Å². The van der Waals surface area contributed by atoms with Crippen LogP contribution in [0.15, 0.2) is 10.5 Å². The van der Waals surface area contributed by atoms with Gasteiger partial charge in [0.25, 0.3) is 0 Å². The number of hydrogen-bond donors (Lipinski definition) is 0. The number of carbonyl (C=O) groups excluding carboxylic acids is 1. The van der Waals surface area contributed by atoms with Crippen LogP contribution in [-0.2, 0) is 24.1 Å². The predicted octanol–water partition coefficient (Wildman–Crippen LogP) is 7.61. The molecule has 0 aromatic carbocycles. The second-order valence-electron chi connectivity index (χ2n) is 7.76. The molecule has 0 saturated heterocycles. The lowest BCUT2D eigenvalue weighted by atomic mass is 10.0. The van der Waals surface area contributed by atoms with Crippen LogP contribution in [0.1, 0.15) is 121 Å². The van der Waals surface area contributed by atoms with Crippen molar-refractivity contribution < 1.29 is 9.21 Å². The van der Waals surface area contributed by atoms with Crippen molar-refractivity contribution in [1.82, 2.24) is 0 Å². The fraction of sp³-hybridized carbons (Fsp3) is 0.792. The van der Waals surface area contributed by atoms with E-state index in [4.69, 9.17) is 4.42 Å². The Morgan fingerprint density at radius 1 is 0.731 bits per heavy atom. The maximum atomic E-state index is 10.3. The summed E-state index contributed by atoms with van der Waals surface area (Å²) in [6, 6.07) is 2.34. The molecule has 0 amide bonds. The van der Waals surface area contributed by atoms with Crippen LogP contribution in [0.25, 0.3) is 0 Å². The van der Waals surface area contributed by atoms with Gasteiger partial charge in [-0.25, -0.2) is 0 Å². The summed E-state index contributed by atoms with van der Waals surface area (Å²) in [5.74, 6) is 2.47. The van der Waals surface area contributed by atoms with Gasteiger partial charge in [-0.15, -0.1) is 0 Å². The van der Waals surface area contributed by atoms with Gasteiger partial charge in [0.2, 0.25) is 0 Å². The van der Waals surface area contributed by atoms with Gasteiger partial charge < -0.3 is 9.21 Å².